The van der Waals surface area contributed by atoms with Crippen LogP contribution in [0.15, 0.2) is 42.5 Å². The Morgan fingerprint density at radius 3 is 2.28 bits per heavy atom. The molecule has 2 aromatic heterocycles. The van der Waals surface area contributed by atoms with Gasteiger partial charge in [-0.15, -0.1) is 10.2 Å². The smallest absolute Gasteiger partial charge is 0.257 e. The van der Waals surface area contributed by atoms with Crippen LogP contribution in [0.2, 0.25) is 0 Å². The third-order valence-corrected chi connectivity index (χ3v) is 5.09. The van der Waals surface area contributed by atoms with Crippen LogP contribution in [-0.2, 0) is 0 Å². The third kappa shape index (κ3) is 3.78. The van der Waals surface area contributed by atoms with Gasteiger partial charge in [0.1, 0.15) is 5.75 Å². The average molecular weight is 392 g/mol. The molecule has 1 saturated heterocycles. The van der Waals surface area contributed by atoms with Crippen molar-refractivity contribution in [2.24, 2.45) is 0 Å². The van der Waals surface area contributed by atoms with Gasteiger partial charge in [0.25, 0.3) is 5.91 Å². The molecule has 1 amide bonds. The Hall–Kier alpha value is -3.42. The summed E-state index contributed by atoms with van der Waals surface area (Å²) in [6.07, 6.45) is 0. The number of carbonyl (C=O) groups excluding carboxylic acids is 1. The zero-order valence-electron chi connectivity index (χ0n) is 16.9. The van der Waals surface area contributed by atoms with Crippen LogP contribution < -0.4 is 9.64 Å². The molecule has 0 spiro atoms. The minimum absolute atomic E-state index is 0.00643. The molecule has 3 aromatic rings. The summed E-state index contributed by atoms with van der Waals surface area (Å²) in [5, 5.41) is 13.2. The largest absolute Gasteiger partial charge is 0.496 e. The number of carbonyl (C=O) groups is 1. The SMILES string of the molecule is COc1ccccc1C(=O)N1CCN(c2ccc(-n3nc(C)cc3C)nn2)CC1. The highest BCUT2D eigenvalue weighted by atomic mass is 16.5. The first kappa shape index (κ1) is 18.9. The van der Waals surface area contributed by atoms with Gasteiger partial charge < -0.3 is 14.5 Å². The molecule has 0 unspecified atom stereocenters. The Bertz CT molecular complexity index is 1010. The fourth-order valence-corrected chi connectivity index (χ4v) is 3.59. The van der Waals surface area contributed by atoms with Gasteiger partial charge in [-0.25, -0.2) is 4.68 Å². The highest BCUT2D eigenvalue weighted by Gasteiger charge is 2.25. The molecule has 3 heterocycles. The van der Waals surface area contributed by atoms with Crippen molar-refractivity contribution in [3.63, 3.8) is 0 Å². The van der Waals surface area contributed by atoms with Crippen LogP contribution >= 0.6 is 0 Å². The summed E-state index contributed by atoms with van der Waals surface area (Å²) < 4.78 is 7.11. The number of rotatable bonds is 4. The van der Waals surface area contributed by atoms with Gasteiger partial charge in [-0.1, -0.05) is 12.1 Å². The number of anilines is 1. The number of para-hydroxylation sites is 1. The van der Waals surface area contributed by atoms with Gasteiger partial charge >= 0.3 is 0 Å². The molecule has 0 aliphatic carbocycles. The van der Waals surface area contributed by atoms with Crippen molar-refractivity contribution >= 4 is 11.7 Å². The van der Waals surface area contributed by atoms with E-state index in [4.69, 9.17) is 4.74 Å². The molecule has 0 atom stereocenters. The van der Waals surface area contributed by atoms with Gasteiger partial charge in [-0.05, 0) is 44.2 Å². The van der Waals surface area contributed by atoms with Crippen molar-refractivity contribution in [3.05, 3.63) is 59.4 Å². The molecule has 4 rings (SSSR count). The second-order valence-corrected chi connectivity index (χ2v) is 7.07. The lowest BCUT2D eigenvalue weighted by Crippen LogP contribution is -2.49. The van der Waals surface area contributed by atoms with E-state index < -0.39 is 0 Å². The summed E-state index contributed by atoms with van der Waals surface area (Å²) in [6.45, 7) is 6.60. The highest BCUT2D eigenvalue weighted by Crippen LogP contribution is 2.21. The second-order valence-electron chi connectivity index (χ2n) is 7.07. The Morgan fingerprint density at radius 2 is 1.66 bits per heavy atom. The first-order valence-electron chi connectivity index (χ1n) is 9.61. The number of nitrogens with zero attached hydrogens (tertiary/aromatic N) is 6. The second kappa shape index (κ2) is 7.90. The summed E-state index contributed by atoms with van der Waals surface area (Å²) in [7, 11) is 1.58. The summed E-state index contributed by atoms with van der Waals surface area (Å²) >= 11 is 0. The molecular formula is C21H24N6O2. The molecule has 8 heteroatoms. The molecule has 29 heavy (non-hydrogen) atoms. The fraction of sp³-hybridized carbons (Fsp3) is 0.333. The first-order chi connectivity index (χ1) is 14.1. The fourth-order valence-electron chi connectivity index (χ4n) is 3.59. The summed E-state index contributed by atoms with van der Waals surface area (Å²) in [6, 6.07) is 13.2. The average Bonchev–Trinajstić information content (AvgIpc) is 3.11. The Labute approximate surface area is 169 Å². The predicted molar refractivity (Wildman–Crippen MR) is 110 cm³/mol. The lowest BCUT2D eigenvalue weighted by molar-refractivity contribution is 0.0743. The van der Waals surface area contributed by atoms with Gasteiger partial charge in [-0.2, -0.15) is 5.10 Å². The first-order valence-corrected chi connectivity index (χ1v) is 9.61. The zero-order chi connectivity index (χ0) is 20.4. The van der Waals surface area contributed by atoms with Crippen LogP contribution in [0.4, 0.5) is 5.82 Å². The molecular weight excluding hydrogens is 368 g/mol. The number of benzene rings is 1. The van der Waals surface area contributed by atoms with Crippen molar-refractivity contribution in [3.8, 4) is 11.6 Å². The van der Waals surface area contributed by atoms with Gasteiger partial charge in [0.2, 0.25) is 0 Å². The van der Waals surface area contributed by atoms with E-state index >= 15 is 0 Å². The molecule has 150 valence electrons. The Kier molecular flexibility index (Phi) is 5.16. The zero-order valence-corrected chi connectivity index (χ0v) is 16.9. The van der Waals surface area contributed by atoms with Crippen LogP contribution in [0.3, 0.4) is 0 Å². The summed E-state index contributed by atoms with van der Waals surface area (Å²) in [5.41, 5.74) is 2.56. The van der Waals surface area contributed by atoms with Crippen molar-refractivity contribution in [1.29, 1.82) is 0 Å². The van der Waals surface area contributed by atoms with Gasteiger partial charge in [-0.3, -0.25) is 4.79 Å². The standard InChI is InChI=1S/C21H24N6O2/c1-15-14-16(2)27(24-15)20-9-8-19(22-23-20)25-10-12-26(13-11-25)21(28)17-6-4-5-7-18(17)29-3/h4-9,14H,10-13H2,1-3H3. The molecule has 8 nitrogen and oxygen atoms in total. The maximum absolute atomic E-state index is 12.8. The van der Waals surface area contributed by atoms with Crippen LogP contribution in [0.25, 0.3) is 5.82 Å². The van der Waals surface area contributed by atoms with E-state index in [9.17, 15) is 4.79 Å². The van der Waals surface area contributed by atoms with Crippen molar-refractivity contribution in [1.82, 2.24) is 24.9 Å². The normalized spacial score (nSPS) is 14.2. The lowest BCUT2D eigenvalue weighted by atomic mass is 10.1. The van der Waals surface area contributed by atoms with Crippen molar-refractivity contribution in [2.45, 2.75) is 13.8 Å². The van der Waals surface area contributed by atoms with E-state index in [2.05, 4.69) is 20.2 Å². The molecule has 1 aliphatic rings. The molecule has 0 bridgehead atoms. The quantitative estimate of drug-likeness (QED) is 0.678. The molecule has 1 fully saturated rings. The van der Waals surface area contributed by atoms with E-state index in [-0.39, 0.29) is 5.91 Å². The highest BCUT2D eigenvalue weighted by molar-refractivity contribution is 5.97. The molecule has 0 radical (unpaired) electrons. The number of aryl methyl sites for hydroxylation is 2. The van der Waals surface area contributed by atoms with Gasteiger partial charge in [0, 0.05) is 31.9 Å². The number of aromatic nitrogens is 4. The predicted octanol–water partition coefficient (Wildman–Crippen LogP) is 2.25. The number of piperazine rings is 1. The number of methoxy groups -OCH3 is 1. The van der Waals surface area contributed by atoms with E-state index in [0.717, 1.165) is 17.2 Å². The van der Waals surface area contributed by atoms with E-state index in [1.54, 1.807) is 17.9 Å². The van der Waals surface area contributed by atoms with Crippen LogP contribution in [0.1, 0.15) is 21.7 Å². The van der Waals surface area contributed by atoms with Crippen LogP contribution in [0.5, 0.6) is 5.75 Å². The maximum Gasteiger partial charge on any atom is 0.257 e. The minimum atomic E-state index is -0.00643. The third-order valence-electron chi connectivity index (χ3n) is 5.09. The Balaban J connectivity index is 1.42. The number of hydrogen-bond acceptors (Lipinski definition) is 6. The van der Waals surface area contributed by atoms with Crippen LogP contribution in [0, 0.1) is 13.8 Å². The van der Waals surface area contributed by atoms with Crippen LogP contribution in [-0.4, -0.2) is 64.1 Å². The molecule has 0 saturated carbocycles. The van der Waals surface area contributed by atoms with E-state index in [1.807, 2.05) is 55.1 Å². The summed E-state index contributed by atoms with van der Waals surface area (Å²) in [5.74, 6) is 2.10. The van der Waals surface area contributed by atoms with E-state index in [1.165, 1.54) is 0 Å². The number of ether oxygens (including phenoxy) is 1. The van der Waals surface area contributed by atoms with Gasteiger partial charge in [0.15, 0.2) is 11.6 Å². The molecule has 0 N–H and O–H groups in total. The molecule has 1 aromatic carbocycles. The van der Waals surface area contributed by atoms with E-state index in [0.29, 0.717) is 43.3 Å². The minimum Gasteiger partial charge on any atom is -0.496 e. The molecule has 1 aliphatic heterocycles. The monoisotopic (exact) mass is 392 g/mol. The lowest BCUT2D eigenvalue weighted by Gasteiger charge is -2.35. The van der Waals surface area contributed by atoms with Crippen molar-refractivity contribution < 1.29 is 9.53 Å². The Morgan fingerprint density at radius 1 is 0.966 bits per heavy atom. The maximum atomic E-state index is 12.8. The topological polar surface area (TPSA) is 76.4 Å². The number of hydrogen-bond donors (Lipinski definition) is 0. The van der Waals surface area contributed by atoms with Gasteiger partial charge in [0.05, 0.1) is 18.4 Å². The number of amides is 1. The summed E-state index contributed by atoms with van der Waals surface area (Å²) in [4.78, 5) is 16.8. The van der Waals surface area contributed by atoms with Crippen molar-refractivity contribution in [2.75, 3.05) is 38.2 Å².